The van der Waals surface area contributed by atoms with Crippen LogP contribution in [0.3, 0.4) is 0 Å². The van der Waals surface area contributed by atoms with Gasteiger partial charge in [0.15, 0.2) is 17.9 Å². The maximum atomic E-state index is 14.7. The molecule has 0 saturated heterocycles. The number of phenols is 2. The number of nitrogens with one attached hydrogen (secondary N) is 7. The van der Waals surface area contributed by atoms with Gasteiger partial charge in [-0.15, -0.1) is 0 Å². The first-order valence-electron chi connectivity index (χ1n) is 24.1. The first kappa shape index (κ1) is 59.8. The van der Waals surface area contributed by atoms with Crippen LogP contribution in [0.4, 0.5) is 0 Å². The summed E-state index contributed by atoms with van der Waals surface area (Å²) in [4.78, 5) is 112. The standard InChI is InChI=1S/C49H68ClN17O9/c1-26(68)62-35(10-5-19-59-48(54)55)42(72)65-38(23-28-14-17-40(70)32(50)21-28)45(75)66-37(22-27-12-15-30(69)16-13-27)44(74)64-36(11-6-20-60-49(56)57)43(73)67-39(24-29-25-61-33-8-3-2-7-31(29)33)46(76)63-34(41(51)71)9-4-18-58-47(52)53/h2-3,7-8,12-17,21,25,34-39,61,69-70H,4-6,9-11,18-20,22-24H2,1H3,(H2,51,71)(H,62,68)(H,63,76)(H,64,74)(H,65,72)(H,66,75)(H,67,73)(H4,52,53,58)(H4,54,55,59)(H4,56,57,60)/t34-,35-,36-,37-,38-,39-/m0/s1. The number of primary amides is 1. The number of para-hydroxylation sites is 1. The minimum absolute atomic E-state index is 0.0193. The van der Waals surface area contributed by atoms with E-state index in [9.17, 15) is 43.8 Å². The van der Waals surface area contributed by atoms with Gasteiger partial charge in [-0.1, -0.05) is 48.0 Å². The molecule has 0 bridgehead atoms. The number of halogens is 1. The Morgan fingerprint density at radius 2 is 0.961 bits per heavy atom. The topological polar surface area (TPSA) is 467 Å². The summed E-state index contributed by atoms with van der Waals surface area (Å²) in [6.07, 6.45) is 1.72. The number of phenolic OH excluding ortho intramolecular Hbond substituents is 2. The van der Waals surface area contributed by atoms with E-state index in [0.29, 0.717) is 16.7 Å². The minimum atomic E-state index is -1.50. The van der Waals surface area contributed by atoms with E-state index in [1.807, 2.05) is 18.2 Å². The van der Waals surface area contributed by atoms with Crippen molar-refractivity contribution >= 4 is 81.7 Å². The fraction of sp³-hybridized carbons (Fsp3) is 0.388. The zero-order valence-corrected chi connectivity index (χ0v) is 42.6. The van der Waals surface area contributed by atoms with Crippen molar-refractivity contribution in [3.05, 3.63) is 94.6 Å². The highest BCUT2D eigenvalue weighted by Gasteiger charge is 2.34. The Balaban J connectivity index is 1.72. The van der Waals surface area contributed by atoms with Gasteiger partial charge in [0.2, 0.25) is 41.4 Å². The second-order valence-corrected chi connectivity index (χ2v) is 18.1. The van der Waals surface area contributed by atoms with E-state index in [4.69, 9.17) is 51.7 Å². The lowest BCUT2D eigenvalue weighted by Crippen LogP contribution is -2.60. The van der Waals surface area contributed by atoms with Crippen molar-refractivity contribution in [1.82, 2.24) is 36.9 Å². The highest BCUT2D eigenvalue weighted by atomic mass is 35.5. The van der Waals surface area contributed by atoms with Crippen LogP contribution >= 0.6 is 11.6 Å². The van der Waals surface area contributed by atoms with Crippen LogP contribution < -0.4 is 72.0 Å². The van der Waals surface area contributed by atoms with Gasteiger partial charge >= 0.3 is 0 Å². The molecule has 410 valence electrons. The Hall–Kier alpha value is -8.81. The zero-order chi connectivity index (χ0) is 55.9. The molecule has 76 heavy (non-hydrogen) atoms. The van der Waals surface area contributed by atoms with Crippen molar-refractivity contribution in [1.29, 1.82) is 0 Å². The fourth-order valence-electron chi connectivity index (χ4n) is 7.87. The molecule has 3 aromatic carbocycles. The first-order chi connectivity index (χ1) is 36.1. The molecule has 0 saturated carbocycles. The maximum Gasteiger partial charge on any atom is 0.243 e. The van der Waals surface area contributed by atoms with Gasteiger partial charge in [0, 0.05) is 62.9 Å². The molecule has 23 N–H and O–H groups in total. The number of carbonyl (C=O) groups excluding carboxylic acids is 7. The van der Waals surface area contributed by atoms with Crippen molar-refractivity contribution < 1.29 is 43.8 Å². The summed E-state index contributed by atoms with van der Waals surface area (Å²) in [5.41, 5.74) is 40.8. The molecule has 0 aliphatic rings. The predicted molar refractivity (Wildman–Crippen MR) is 287 cm³/mol. The van der Waals surface area contributed by atoms with Crippen molar-refractivity contribution in [2.24, 2.45) is 55.1 Å². The molecule has 26 nitrogen and oxygen atoms in total. The molecule has 6 atom stereocenters. The molecule has 0 radical (unpaired) electrons. The number of benzene rings is 3. The quantitative estimate of drug-likeness (QED) is 0.0150. The van der Waals surface area contributed by atoms with Crippen LogP contribution in [0.15, 0.2) is 87.9 Å². The summed E-state index contributed by atoms with van der Waals surface area (Å²) < 4.78 is 0. The van der Waals surface area contributed by atoms with Crippen molar-refractivity contribution in [3.8, 4) is 11.5 Å². The van der Waals surface area contributed by atoms with Crippen LogP contribution in [0.5, 0.6) is 11.5 Å². The summed E-state index contributed by atoms with van der Waals surface area (Å²) in [5, 5.41) is 36.9. The summed E-state index contributed by atoms with van der Waals surface area (Å²) in [6, 6.07) is 9.00. The van der Waals surface area contributed by atoms with Gasteiger partial charge in [-0.05, 0) is 85.5 Å². The molecular formula is C49H68ClN17O9. The Bertz CT molecular complexity index is 2740. The van der Waals surface area contributed by atoms with E-state index in [1.165, 1.54) is 49.4 Å². The van der Waals surface area contributed by atoms with Gasteiger partial charge in [0.05, 0.1) is 5.02 Å². The number of fused-ring (bicyclic) bond motifs is 1. The Morgan fingerprint density at radius 3 is 1.45 bits per heavy atom. The first-order valence-corrected chi connectivity index (χ1v) is 24.5. The van der Waals surface area contributed by atoms with Crippen LogP contribution in [0.25, 0.3) is 10.9 Å². The molecule has 0 fully saturated rings. The molecule has 1 heterocycles. The van der Waals surface area contributed by atoms with Gasteiger partial charge in [-0.2, -0.15) is 0 Å². The van der Waals surface area contributed by atoms with Crippen LogP contribution in [0.2, 0.25) is 5.02 Å². The SMILES string of the molecule is CC(=O)N[C@@H](CCCN=C(N)N)C(=O)N[C@@H](Cc1ccc(O)c(Cl)c1)C(=O)N[C@@H](Cc1ccc(O)cc1)C(=O)N[C@@H](CCCN=C(N)N)C(=O)N[C@@H](Cc1c[nH]c2ccccc12)C(=O)N[C@@H](CCCN=C(N)N)C(N)=O. The van der Waals surface area contributed by atoms with E-state index in [2.05, 4.69) is 51.9 Å². The third-order valence-electron chi connectivity index (χ3n) is 11.6. The number of amides is 7. The number of guanidine groups is 3. The minimum Gasteiger partial charge on any atom is -0.508 e. The number of aromatic hydroxyl groups is 2. The number of nitrogens with two attached hydrogens (primary N) is 7. The van der Waals surface area contributed by atoms with E-state index in [1.54, 1.807) is 12.3 Å². The van der Waals surface area contributed by atoms with Crippen molar-refractivity contribution in [3.63, 3.8) is 0 Å². The number of aromatic amines is 1. The number of H-pyrrole nitrogens is 1. The number of nitrogens with zero attached hydrogens (tertiary/aromatic N) is 3. The lowest BCUT2D eigenvalue weighted by molar-refractivity contribution is -0.135. The van der Waals surface area contributed by atoms with E-state index >= 15 is 0 Å². The molecule has 0 unspecified atom stereocenters. The number of hydrogen-bond donors (Lipinski definition) is 16. The Kier molecular flexibility index (Phi) is 23.4. The molecule has 0 aliphatic carbocycles. The molecule has 1 aromatic heterocycles. The zero-order valence-electron chi connectivity index (χ0n) is 41.9. The second kappa shape index (κ2) is 29.8. The average Bonchev–Trinajstić information content (AvgIpc) is 3.77. The average molecular weight is 1070 g/mol. The highest BCUT2D eigenvalue weighted by molar-refractivity contribution is 6.32. The predicted octanol–water partition coefficient (Wildman–Crippen LogP) is -2.16. The van der Waals surface area contributed by atoms with Gasteiger partial charge < -0.3 is 87.2 Å². The molecule has 0 aliphatic heterocycles. The molecule has 4 aromatic rings. The van der Waals surface area contributed by atoms with Gasteiger partial charge in [-0.3, -0.25) is 48.5 Å². The van der Waals surface area contributed by atoms with Gasteiger partial charge in [0.25, 0.3) is 0 Å². The number of aromatic nitrogens is 1. The Morgan fingerprint density at radius 1 is 0.539 bits per heavy atom. The molecule has 7 amide bonds. The summed E-state index contributed by atoms with van der Waals surface area (Å²) in [6.45, 7) is 1.49. The summed E-state index contributed by atoms with van der Waals surface area (Å²) in [5.74, 6) is -6.53. The number of carbonyl (C=O) groups is 7. The monoisotopic (exact) mass is 1070 g/mol. The third kappa shape index (κ3) is 20.2. The normalized spacial score (nSPS) is 13.2. The van der Waals surface area contributed by atoms with Crippen LogP contribution in [0.1, 0.15) is 62.1 Å². The lowest BCUT2D eigenvalue weighted by atomic mass is 10.0. The lowest BCUT2D eigenvalue weighted by Gasteiger charge is -2.28. The van der Waals surface area contributed by atoms with Crippen LogP contribution in [-0.2, 0) is 52.8 Å². The van der Waals surface area contributed by atoms with Crippen LogP contribution in [0, 0.1) is 0 Å². The molecule has 27 heteroatoms. The number of aliphatic imine (C=N–C) groups is 3. The Labute approximate surface area is 442 Å². The van der Waals surface area contributed by atoms with E-state index in [-0.39, 0.29) is 112 Å². The van der Waals surface area contributed by atoms with Gasteiger partial charge in [-0.25, -0.2) is 0 Å². The number of hydrogen-bond acceptors (Lipinski definition) is 12. The summed E-state index contributed by atoms with van der Waals surface area (Å²) in [7, 11) is 0. The largest absolute Gasteiger partial charge is 0.508 e. The van der Waals surface area contributed by atoms with Crippen molar-refractivity contribution in [2.45, 2.75) is 101 Å². The van der Waals surface area contributed by atoms with Crippen LogP contribution in [-0.4, -0.2) is 130 Å². The molecule has 0 spiro atoms. The maximum absolute atomic E-state index is 14.7. The van der Waals surface area contributed by atoms with Crippen molar-refractivity contribution in [2.75, 3.05) is 19.6 Å². The molecule has 4 rings (SSSR count). The molecular weight excluding hydrogens is 1010 g/mol. The highest BCUT2D eigenvalue weighted by Crippen LogP contribution is 2.25. The third-order valence-corrected chi connectivity index (χ3v) is 12.0. The number of rotatable bonds is 30. The van der Waals surface area contributed by atoms with E-state index in [0.717, 1.165) is 10.9 Å². The van der Waals surface area contributed by atoms with E-state index < -0.39 is 77.6 Å². The fourth-order valence-corrected chi connectivity index (χ4v) is 8.07. The second-order valence-electron chi connectivity index (χ2n) is 17.7. The van der Waals surface area contributed by atoms with Gasteiger partial charge in [0.1, 0.15) is 47.8 Å². The summed E-state index contributed by atoms with van der Waals surface area (Å²) >= 11 is 6.23. The smallest absolute Gasteiger partial charge is 0.243 e.